The van der Waals surface area contributed by atoms with Gasteiger partial charge >= 0.3 is 0 Å². The lowest BCUT2D eigenvalue weighted by atomic mass is 10.1. The van der Waals surface area contributed by atoms with E-state index in [-0.39, 0.29) is 17.2 Å². The van der Waals surface area contributed by atoms with Gasteiger partial charge in [0.15, 0.2) is 5.78 Å². The summed E-state index contributed by atoms with van der Waals surface area (Å²) in [6.07, 6.45) is 0. The number of hydrogen-bond donors (Lipinski definition) is 0. The lowest BCUT2D eigenvalue weighted by Gasteiger charge is -2.07. The van der Waals surface area contributed by atoms with Crippen LogP contribution in [-0.2, 0) is 0 Å². The molecule has 0 saturated carbocycles. The van der Waals surface area contributed by atoms with Gasteiger partial charge in [-0.15, -0.1) is 0 Å². The van der Waals surface area contributed by atoms with Crippen molar-refractivity contribution in [3.63, 3.8) is 0 Å². The van der Waals surface area contributed by atoms with Crippen LogP contribution in [0.3, 0.4) is 0 Å². The Morgan fingerprint density at radius 3 is 2.53 bits per heavy atom. The second kappa shape index (κ2) is 4.56. The van der Waals surface area contributed by atoms with Crippen molar-refractivity contribution in [1.82, 2.24) is 0 Å². The molecule has 0 fully saturated rings. The topological polar surface area (TPSA) is 69.4 Å². The fourth-order valence-electron chi connectivity index (χ4n) is 1.16. The van der Waals surface area contributed by atoms with Gasteiger partial charge in [-0.2, -0.15) is 0 Å². The van der Waals surface area contributed by atoms with Crippen molar-refractivity contribution in [3.8, 4) is 5.75 Å². The van der Waals surface area contributed by atoms with Gasteiger partial charge in [0.1, 0.15) is 9.32 Å². The van der Waals surface area contributed by atoms with Crippen molar-refractivity contribution >= 4 is 34.1 Å². The summed E-state index contributed by atoms with van der Waals surface area (Å²) in [5.41, 5.74) is 0.296. The van der Waals surface area contributed by atoms with Crippen LogP contribution in [0.2, 0.25) is 0 Å². The minimum atomic E-state index is -0.506. The lowest BCUT2D eigenvalue weighted by Crippen LogP contribution is -2.02. The highest BCUT2D eigenvalue weighted by Gasteiger charge is 2.20. The van der Waals surface area contributed by atoms with Crippen molar-refractivity contribution in [2.24, 2.45) is 0 Å². The molecule has 0 aliphatic heterocycles. The van der Waals surface area contributed by atoms with Gasteiger partial charge < -0.3 is 4.74 Å². The minimum Gasteiger partial charge on any atom is -0.495 e. The first kappa shape index (κ1) is 11.9. The van der Waals surface area contributed by atoms with E-state index >= 15 is 0 Å². The van der Waals surface area contributed by atoms with Crippen LogP contribution >= 0.6 is 22.6 Å². The molecule has 0 bridgehead atoms. The van der Waals surface area contributed by atoms with Crippen LogP contribution in [0.1, 0.15) is 17.3 Å². The second-order valence-corrected chi connectivity index (χ2v) is 3.87. The molecule has 80 valence electrons. The van der Waals surface area contributed by atoms with Crippen LogP contribution in [-0.4, -0.2) is 17.8 Å². The number of hydrogen-bond acceptors (Lipinski definition) is 4. The van der Waals surface area contributed by atoms with Gasteiger partial charge in [0, 0.05) is 6.07 Å². The predicted molar refractivity (Wildman–Crippen MR) is 62.4 cm³/mol. The van der Waals surface area contributed by atoms with E-state index in [9.17, 15) is 14.9 Å². The quantitative estimate of drug-likeness (QED) is 0.371. The van der Waals surface area contributed by atoms with Crippen LogP contribution in [0, 0.1) is 13.7 Å². The molecule has 6 heteroatoms. The summed E-state index contributed by atoms with van der Waals surface area (Å²) in [6.45, 7) is 1.39. The van der Waals surface area contributed by atoms with Gasteiger partial charge in [0.25, 0.3) is 5.69 Å². The Kier molecular flexibility index (Phi) is 3.61. The SMILES string of the molecule is COc1c(C(C)=O)ccc([N+](=O)[O-])c1I. The molecular formula is C9H8INO4. The summed E-state index contributed by atoms with van der Waals surface area (Å²) in [7, 11) is 1.38. The summed E-state index contributed by atoms with van der Waals surface area (Å²) < 4.78 is 5.34. The molecule has 0 atom stereocenters. The number of nitrogens with zero attached hydrogens (tertiary/aromatic N) is 1. The summed E-state index contributed by atoms with van der Waals surface area (Å²) in [6, 6.07) is 2.71. The Hall–Kier alpha value is -1.18. The highest BCUT2D eigenvalue weighted by Crippen LogP contribution is 2.33. The van der Waals surface area contributed by atoms with Gasteiger partial charge in [-0.25, -0.2) is 0 Å². The molecule has 5 nitrogen and oxygen atoms in total. The van der Waals surface area contributed by atoms with Crippen LogP contribution in [0.15, 0.2) is 12.1 Å². The molecule has 0 spiro atoms. The van der Waals surface area contributed by atoms with Crippen LogP contribution in [0.25, 0.3) is 0 Å². The van der Waals surface area contributed by atoms with E-state index in [1.807, 2.05) is 0 Å². The molecule has 0 heterocycles. The number of carbonyl (C=O) groups is 1. The van der Waals surface area contributed by atoms with Gasteiger partial charge in [0.05, 0.1) is 17.6 Å². The number of nitro groups is 1. The van der Waals surface area contributed by atoms with Gasteiger partial charge in [-0.1, -0.05) is 0 Å². The van der Waals surface area contributed by atoms with E-state index in [2.05, 4.69) is 0 Å². The van der Waals surface area contributed by atoms with Crippen molar-refractivity contribution in [1.29, 1.82) is 0 Å². The maximum absolute atomic E-state index is 11.2. The zero-order chi connectivity index (χ0) is 11.6. The minimum absolute atomic E-state index is 0.0579. The Morgan fingerprint density at radius 2 is 2.13 bits per heavy atom. The number of carbonyl (C=O) groups excluding carboxylic acids is 1. The van der Waals surface area contributed by atoms with Gasteiger partial charge in [-0.05, 0) is 35.6 Å². The average molecular weight is 321 g/mol. The molecule has 0 aromatic heterocycles. The van der Waals surface area contributed by atoms with Gasteiger partial charge in [-0.3, -0.25) is 14.9 Å². The third-order valence-electron chi connectivity index (χ3n) is 1.86. The predicted octanol–water partition coefficient (Wildman–Crippen LogP) is 2.41. The molecule has 0 unspecified atom stereocenters. The fraction of sp³-hybridized carbons (Fsp3) is 0.222. The first-order chi connectivity index (χ1) is 6.99. The second-order valence-electron chi connectivity index (χ2n) is 2.79. The van der Waals surface area contributed by atoms with Crippen LogP contribution in [0.5, 0.6) is 5.75 Å². The third kappa shape index (κ3) is 2.25. The van der Waals surface area contributed by atoms with E-state index in [1.165, 1.54) is 26.2 Å². The molecule has 0 N–H and O–H groups in total. The highest BCUT2D eigenvalue weighted by molar-refractivity contribution is 14.1. The third-order valence-corrected chi connectivity index (χ3v) is 2.90. The summed E-state index contributed by atoms with van der Waals surface area (Å²) in [5.74, 6) is 0.0805. The maximum Gasteiger partial charge on any atom is 0.286 e. The highest BCUT2D eigenvalue weighted by atomic mass is 127. The maximum atomic E-state index is 11.2. The molecule has 0 aliphatic rings. The van der Waals surface area contributed by atoms with E-state index in [0.717, 1.165) is 0 Å². The molecule has 1 aromatic rings. The number of Topliss-reactive ketones (excluding diaryl/α,β-unsaturated/α-hetero) is 1. The van der Waals surface area contributed by atoms with E-state index in [0.29, 0.717) is 9.13 Å². The zero-order valence-electron chi connectivity index (χ0n) is 8.11. The van der Waals surface area contributed by atoms with E-state index in [1.54, 1.807) is 22.6 Å². The Bertz CT molecular complexity index is 430. The van der Waals surface area contributed by atoms with Crippen LogP contribution in [0.4, 0.5) is 5.69 Å². The molecular weight excluding hydrogens is 313 g/mol. The number of nitro benzene ring substituents is 1. The average Bonchev–Trinajstić information content (AvgIpc) is 2.16. The number of ether oxygens (including phenoxy) is 1. The Morgan fingerprint density at radius 1 is 1.53 bits per heavy atom. The summed E-state index contributed by atoms with van der Waals surface area (Å²) in [4.78, 5) is 21.3. The number of rotatable bonds is 3. The first-order valence-corrected chi connectivity index (χ1v) is 5.08. The summed E-state index contributed by atoms with van der Waals surface area (Å²) >= 11 is 1.80. The number of benzene rings is 1. The van der Waals surface area contributed by atoms with E-state index < -0.39 is 4.92 Å². The van der Waals surface area contributed by atoms with E-state index in [4.69, 9.17) is 4.74 Å². The molecule has 0 amide bonds. The standard InChI is InChI=1S/C9H8INO4/c1-5(12)6-3-4-7(11(13)14)8(10)9(6)15-2/h3-4H,1-2H3. The molecule has 1 aromatic carbocycles. The van der Waals surface area contributed by atoms with Crippen molar-refractivity contribution < 1.29 is 14.5 Å². The van der Waals surface area contributed by atoms with Crippen molar-refractivity contribution in [2.75, 3.05) is 7.11 Å². The molecule has 0 radical (unpaired) electrons. The van der Waals surface area contributed by atoms with Crippen LogP contribution < -0.4 is 4.74 Å². The molecule has 1 rings (SSSR count). The molecule has 0 aliphatic carbocycles. The molecule has 15 heavy (non-hydrogen) atoms. The lowest BCUT2D eigenvalue weighted by molar-refractivity contribution is -0.385. The molecule has 0 saturated heterocycles. The Balaban J connectivity index is 3.45. The van der Waals surface area contributed by atoms with Gasteiger partial charge in [0.2, 0.25) is 0 Å². The largest absolute Gasteiger partial charge is 0.495 e. The first-order valence-electron chi connectivity index (χ1n) is 4.00. The van der Waals surface area contributed by atoms with Crippen molar-refractivity contribution in [2.45, 2.75) is 6.92 Å². The fourth-order valence-corrected chi connectivity index (χ4v) is 2.05. The Labute approximate surface area is 99.7 Å². The normalized spacial score (nSPS) is 9.80. The number of ketones is 1. The zero-order valence-corrected chi connectivity index (χ0v) is 10.3. The van der Waals surface area contributed by atoms with Crippen molar-refractivity contribution in [3.05, 3.63) is 31.4 Å². The smallest absolute Gasteiger partial charge is 0.286 e. The number of halogens is 1. The number of methoxy groups -OCH3 is 1. The summed E-state index contributed by atoms with van der Waals surface area (Å²) in [5, 5.41) is 10.6. The monoisotopic (exact) mass is 321 g/mol.